The lowest BCUT2D eigenvalue weighted by atomic mass is 9.48. The lowest BCUT2D eigenvalue weighted by molar-refractivity contribution is -0.0435. The highest BCUT2D eigenvalue weighted by Gasteiger charge is 2.58. The second-order valence-corrected chi connectivity index (χ2v) is 10.7. The molecule has 0 radical (unpaired) electrons. The van der Waals surface area contributed by atoms with Crippen LogP contribution >= 0.6 is 0 Å². The van der Waals surface area contributed by atoms with Crippen molar-refractivity contribution in [2.45, 2.75) is 83.9 Å². The van der Waals surface area contributed by atoms with Crippen LogP contribution in [0.3, 0.4) is 0 Å². The number of aliphatic hydroxyl groups is 1. The molecule has 1 aromatic rings. The summed E-state index contributed by atoms with van der Waals surface area (Å²) in [7, 11) is 0. The Morgan fingerprint density at radius 3 is 2.64 bits per heavy atom. The fourth-order valence-corrected chi connectivity index (χ4v) is 7.81. The standard InChI is InChI=1S/C26H37NO/c1-25-14-12-20(28)16-19(25)8-9-21-22-10-11-24(26(22,2)15-13-23(21)25)27-17-18-6-4-3-5-7-18/h3-8,20-24,27-28H,9-17H2,1-2H3/t20-,21-,22-,23-,24-,25-,26-/m0/s1. The molecule has 2 N–H and O–H groups in total. The average Bonchev–Trinajstić information content (AvgIpc) is 3.04. The van der Waals surface area contributed by atoms with Gasteiger partial charge in [-0.1, -0.05) is 55.8 Å². The molecule has 0 aromatic heterocycles. The fraction of sp³-hybridized carbons (Fsp3) is 0.692. The van der Waals surface area contributed by atoms with Crippen molar-refractivity contribution in [2.24, 2.45) is 28.6 Å². The molecule has 152 valence electrons. The molecule has 3 fully saturated rings. The number of allylic oxidation sites excluding steroid dienone is 1. The van der Waals surface area contributed by atoms with Gasteiger partial charge in [0.25, 0.3) is 0 Å². The number of hydrogen-bond donors (Lipinski definition) is 2. The summed E-state index contributed by atoms with van der Waals surface area (Å²) < 4.78 is 0. The minimum absolute atomic E-state index is 0.0946. The van der Waals surface area contributed by atoms with Gasteiger partial charge in [0, 0.05) is 12.6 Å². The number of hydrogen-bond acceptors (Lipinski definition) is 2. The second kappa shape index (κ2) is 6.99. The third-order valence-electron chi connectivity index (χ3n) is 9.47. The van der Waals surface area contributed by atoms with E-state index in [4.69, 9.17) is 0 Å². The van der Waals surface area contributed by atoms with Gasteiger partial charge in [0.05, 0.1) is 6.10 Å². The van der Waals surface area contributed by atoms with Crippen molar-refractivity contribution in [3.63, 3.8) is 0 Å². The van der Waals surface area contributed by atoms with Gasteiger partial charge >= 0.3 is 0 Å². The van der Waals surface area contributed by atoms with Gasteiger partial charge < -0.3 is 10.4 Å². The number of rotatable bonds is 3. The molecule has 1 aromatic carbocycles. The Hall–Kier alpha value is -1.12. The van der Waals surface area contributed by atoms with Crippen LogP contribution in [0, 0.1) is 28.6 Å². The maximum Gasteiger partial charge on any atom is 0.0577 e. The molecular formula is C26H37NO. The quantitative estimate of drug-likeness (QED) is 0.683. The van der Waals surface area contributed by atoms with Gasteiger partial charge in [-0.3, -0.25) is 0 Å². The Kier molecular flexibility index (Phi) is 4.71. The lowest BCUT2D eigenvalue weighted by Gasteiger charge is -2.58. The van der Waals surface area contributed by atoms with Crippen molar-refractivity contribution < 1.29 is 5.11 Å². The highest BCUT2D eigenvalue weighted by Crippen LogP contribution is 2.64. The van der Waals surface area contributed by atoms with Crippen LogP contribution in [0.4, 0.5) is 0 Å². The van der Waals surface area contributed by atoms with E-state index in [-0.39, 0.29) is 6.10 Å². The minimum Gasteiger partial charge on any atom is -0.393 e. The Labute approximate surface area is 170 Å². The number of nitrogens with one attached hydrogen (secondary N) is 1. The summed E-state index contributed by atoms with van der Waals surface area (Å²) in [5, 5.41) is 14.1. The van der Waals surface area contributed by atoms with Gasteiger partial charge in [0.2, 0.25) is 0 Å². The summed E-state index contributed by atoms with van der Waals surface area (Å²) in [6, 6.07) is 11.5. The molecule has 0 spiro atoms. The maximum atomic E-state index is 10.2. The number of benzene rings is 1. The largest absolute Gasteiger partial charge is 0.393 e. The topological polar surface area (TPSA) is 32.3 Å². The zero-order valence-electron chi connectivity index (χ0n) is 17.7. The van der Waals surface area contributed by atoms with E-state index in [0.717, 1.165) is 37.1 Å². The summed E-state index contributed by atoms with van der Waals surface area (Å²) in [6.45, 7) is 6.13. The molecule has 3 saturated carbocycles. The Morgan fingerprint density at radius 2 is 1.82 bits per heavy atom. The summed E-state index contributed by atoms with van der Waals surface area (Å²) in [6.07, 6.45) is 12.3. The molecule has 4 aliphatic carbocycles. The molecule has 0 amide bonds. The van der Waals surface area contributed by atoms with E-state index in [2.05, 4.69) is 55.6 Å². The van der Waals surface area contributed by atoms with E-state index in [9.17, 15) is 5.11 Å². The van der Waals surface area contributed by atoms with E-state index < -0.39 is 0 Å². The number of aliphatic hydroxyl groups excluding tert-OH is 1. The van der Waals surface area contributed by atoms with Gasteiger partial charge in [0.1, 0.15) is 0 Å². The van der Waals surface area contributed by atoms with Crippen LogP contribution in [-0.4, -0.2) is 17.3 Å². The second-order valence-electron chi connectivity index (χ2n) is 10.7. The first kappa shape index (κ1) is 18.9. The van der Waals surface area contributed by atoms with Gasteiger partial charge in [-0.2, -0.15) is 0 Å². The van der Waals surface area contributed by atoms with Gasteiger partial charge in [-0.05, 0) is 85.5 Å². The molecule has 0 bridgehead atoms. The fourth-order valence-electron chi connectivity index (χ4n) is 7.81. The molecule has 28 heavy (non-hydrogen) atoms. The Bertz CT molecular complexity index is 742. The van der Waals surface area contributed by atoms with Gasteiger partial charge in [-0.25, -0.2) is 0 Å². The highest BCUT2D eigenvalue weighted by molar-refractivity contribution is 5.25. The van der Waals surface area contributed by atoms with Crippen LogP contribution in [0.25, 0.3) is 0 Å². The Balaban J connectivity index is 1.34. The summed E-state index contributed by atoms with van der Waals surface area (Å²) in [5.74, 6) is 2.55. The van der Waals surface area contributed by atoms with Gasteiger partial charge in [-0.15, -0.1) is 0 Å². The lowest BCUT2D eigenvalue weighted by Crippen LogP contribution is -2.53. The third-order valence-corrected chi connectivity index (χ3v) is 9.47. The van der Waals surface area contributed by atoms with Gasteiger partial charge in [0.15, 0.2) is 0 Å². The summed E-state index contributed by atoms with van der Waals surface area (Å²) in [4.78, 5) is 0. The summed E-state index contributed by atoms with van der Waals surface area (Å²) >= 11 is 0. The number of fused-ring (bicyclic) bond motifs is 5. The molecule has 7 atom stereocenters. The van der Waals surface area contributed by atoms with E-state index in [1.54, 1.807) is 5.57 Å². The van der Waals surface area contributed by atoms with Crippen molar-refractivity contribution in [1.29, 1.82) is 0 Å². The molecule has 0 unspecified atom stereocenters. The van der Waals surface area contributed by atoms with Crippen LogP contribution in [0.2, 0.25) is 0 Å². The maximum absolute atomic E-state index is 10.2. The molecule has 0 saturated heterocycles. The van der Waals surface area contributed by atoms with E-state index in [1.807, 2.05) is 0 Å². The molecule has 5 rings (SSSR count). The molecule has 2 heteroatoms. The van der Waals surface area contributed by atoms with Crippen LogP contribution in [0.15, 0.2) is 42.0 Å². The van der Waals surface area contributed by atoms with Crippen molar-refractivity contribution in [1.82, 2.24) is 5.32 Å². The smallest absolute Gasteiger partial charge is 0.0577 e. The minimum atomic E-state index is -0.0946. The van der Waals surface area contributed by atoms with Crippen molar-refractivity contribution in [3.8, 4) is 0 Å². The molecular weight excluding hydrogens is 342 g/mol. The van der Waals surface area contributed by atoms with E-state index >= 15 is 0 Å². The SMILES string of the molecule is C[C@]12CC[C@H]3[C@@H](CC=C4C[C@@H](O)CC[C@@]43C)[C@@H]1CC[C@@H]2NCc1ccccc1. The highest BCUT2D eigenvalue weighted by atomic mass is 16.3. The zero-order chi connectivity index (χ0) is 19.4. The van der Waals surface area contributed by atoms with Crippen molar-refractivity contribution >= 4 is 0 Å². The van der Waals surface area contributed by atoms with Crippen molar-refractivity contribution in [3.05, 3.63) is 47.5 Å². The van der Waals surface area contributed by atoms with E-state index in [1.165, 1.54) is 44.1 Å². The predicted octanol–water partition coefficient (Wildman–Crippen LogP) is 5.47. The first-order valence-electron chi connectivity index (χ1n) is 11.7. The molecule has 0 heterocycles. The summed E-state index contributed by atoms with van der Waals surface area (Å²) in [5.41, 5.74) is 3.81. The van der Waals surface area contributed by atoms with Crippen LogP contribution in [0.1, 0.15) is 70.8 Å². The predicted molar refractivity (Wildman–Crippen MR) is 115 cm³/mol. The first-order chi connectivity index (χ1) is 13.5. The molecule has 0 aliphatic heterocycles. The van der Waals surface area contributed by atoms with Crippen molar-refractivity contribution in [2.75, 3.05) is 0 Å². The monoisotopic (exact) mass is 379 g/mol. The zero-order valence-corrected chi connectivity index (χ0v) is 17.7. The normalized spacial score (nSPS) is 45.0. The molecule has 4 aliphatic rings. The first-order valence-corrected chi connectivity index (χ1v) is 11.7. The van der Waals surface area contributed by atoms with Crippen LogP contribution in [-0.2, 0) is 6.54 Å². The van der Waals surface area contributed by atoms with E-state index in [0.29, 0.717) is 16.9 Å². The van der Waals surface area contributed by atoms with Crippen LogP contribution < -0.4 is 5.32 Å². The Morgan fingerprint density at radius 1 is 1.00 bits per heavy atom. The molecule has 2 nitrogen and oxygen atoms in total. The van der Waals surface area contributed by atoms with Crippen LogP contribution in [0.5, 0.6) is 0 Å². The third kappa shape index (κ3) is 2.91. The average molecular weight is 380 g/mol.